The lowest BCUT2D eigenvalue weighted by atomic mass is 9.85. The van der Waals surface area contributed by atoms with Crippen LogP contribution >= 0.6 is 7.82 Å². The van der Waals surface area contributed by atoms with Gasteiger partial charge in [0.1, 0.15) is 43.2 Å². The molecule has 350 valence electrons. The van der Waals surface area contributed by atoms with Gasteiger partial charge in [0.2, 0.25) is 0 Å². The van der Waals surface area contributed by atoms with Gasteiger partial charge >= 0.3 is 19.8 Å². The fourth-order valence-corrected chi connectivity index (χ4v) is 8.26. The van der Waals surface area contributed by atoms with E-state index in [-0.39, 0.29) is 12.8 Å². The Balaban J connectivity index is 1.71. The topological polar surface area (TPSA) is 222 Å². The molecule has 5 unspecified atom stereocenters. The van der Waals surface area contributed by atoms with Gasteiger partial charge in [0, 0.05) is 12.8 Å². The summed E-state index contributed by atoms with van der Waals surface area (Å²) in [6, 6.07) is 0. The maximum Gasteiger partial charge on any atom is 0.472 e. The van der Waals surface area contributed by atoms with Gasteiger partial charge in [-0.1, -0.05) is 128 Å². The fraction of sp³-hybridized carbons (Fsp3) is 0.867. The number of phosphoric acid groups is 1. The molecule has 0 amide bonds. The number of carbonyl (C=O) groups is 2. The van der Waals surface area contributed by atoms with E-state index in [1.165, 1.54) is 64.2 Å². The molecular formula is C45H81O14P. The Morgan fingerprint density at radius 2 is 1.05 bits per heavy atom. The van der Waals surface area contributed by atoms with Crippen molar-refractivity contribution in [2.45, 2.75) is 236 Å². The number of aliphatic hydroxyl groups excluding tert-OH is 5. The third kappa shape index (κ3) is 24.8. The van der Waals surface area contributed by atoms with Crippen LogP contribution in [0.3, 0.4) is 0 Å². The smallest absolute Gasteiger partial charge is 0.462 e. The summed E-state index contributed by atoms with van der Waals surface area (Å²) in [5.41, 5.74) is 0. The SMILES string of the molecule is CCCCCC/C=C\CCCCCCCCCC(=O)OC[C@H](COP(=O)(O)OC1[C@H](O)[C@H](O)C(O)[C@H](O)[C@H]1O)OC(=O)CCCCCCC/C=C\CC1OC1CCCCC. The van der Waals surface area contributed by atoms with E-state index in [0.717, 1.165) is 77.0 Å². The average Bonchev–Trinajstić information content (AvgIpc) is 3.98. The number of rotatable bonds is 37. The lowest BCUT2D eigenvalue weighted by molar-refractivity contribution is -0.220. The van der Waals surface area contributed by atoms with Gasteiger partial charge < -0.3 is 44.6 Å². The number of phosphoric ester groups is 1. The Labute approximate surface area is 360 Å². The van der Waals surface area contributed by atoms with Crippen LogP contribution in [-0.4, -0.2) is 111 Å². The predicted octanol–water partition coefficient (Wildman–Crippen LogP) is 7.82. The quantitative estimate of drug-likeness (QED) is 0.0115. The fourth-order valence-electron chi connectivity index (χ4n) is 7.29. The van der Waals surface area contributed by atoms with Crippen molar-refractivity contribution < 1.29 is 67.8 Å². The third-order valence-electron chi connectivity index (χ3n) is 11.2. The first-order valence-corrected chi connectivity index (χ1v) is 24.8. The maximum atomic E-state index is 12.8. The second-order valence-corrected chi connectivity index (χ2v) is 18.0. The molecule has 6 N–H and O–H groups in total. The molecule has 1 saturated carbocycles. The van der Waals surface area contributed by atoms with E-state index in [2.05, 4.69) is 38.2 Å². The van der Waals surface area contributed by atoms with Crippen LogP contribution in [0.25, 0.3) is 0 Å². The van der Waals surface area contributed by atoms with Crippen molar-refractivity contribution >= 4 is 19.8 Å². The first-order valence-electron chi connectivity index (χ1n) is 23.3. The normalized spacial score (nSPS) is 25.7. The third-order valence-corrected chi connectivity index (χ3v) is 12.2. The molecular weight excluding hydrogens is 795 g/mol. The number of ether oxygens (including phenoxy) is 3. The highest BCUT2D eigenvalue weighted by Crippen LogP contribution is 2.47. The van der Waals surface area contributed by atoms with Crippen LogP contribution in [-0.2, 0) is 37.4 Å². The Morgan fingerprint density at radius 3 is 1.62 bits per heavy atom. The Hall–Kier alpha value is -1.71. The second-order valence-electron chi connectivity index (χ2n) is 16.6. The van der Waals surface area contributed by atoms with Gasteiger partial charge in [0.15, 0.2) is 6.10 Å². The number of carbonyl (C=O) groups excluding carboxylic acids is 2. The molecule has 1 aliphatic heterocycles. The number of epoxide rings is 1. The molecule has 2 fully saturated rings. The van der Waals surface area contributed by atoms with Crippen molar-refractivity contribution in [1.29, 1.82) is 0 Å². The maximum absolute atomic E-state index is 12.8. The summed E-state index contributed by atoms with van der Waals surface area (Å²) in [6.45, 7) is 3.24. The molecule has 0 aromatic carbocycles. The van der Waals surface area contributed by atoms with Crippen LogP contribution < -0.4 is 0 Å². The summed E-state index contributed by atoms with van der Waals surface area (Å²) in [4.78, 5) is 35.7. The van der Waals surface area contributed by atoms with Crippen LogP contribution in [0.15, 0.2) is 24.3 Å². The highest BCUT2D eigenvalue weighted by molar-refractivity contribution is 7.47. The first kappa shape index (κ1) is 54.4. The van der Waals surface area contributed by atoms with Crippen LogP contribution in [0.2, 0.25) is 0 Å². The van der Waals surface area contributed by atoms with Gasteiger partial charge in [-0.05, 0) is 64.2 Å². The van der Waals surface area contributed by atoms with E-state index in [1.807, 2.05) is 0 Å². The second kappa shape index (κ2) is 32.9. The van der Waals surface area contributed by atoms with Crippen molar-refractivity contribution in [2.24, 2.45) is 0 Å². The monoisotopic (exact) mass is 877 g/mol. The molecule has 14 nitrogen and oxygen atoms in total. The predicted molar refractivity (Wildman–Crippen MR) is 230 cm³/mol. The van der Waals surface area contributed by atoms with Crippen molar-refractivity contribution in [3.63, 3.8) is 0 Å². The van der Waals surface area contributed by atoms with Crippen LogP contribution in [0.1, 0.15) is 181 Å². The van der Waals surface area contributed by atoms with Gasteiger partial charge in [0.05, 0.1) is 18.8 Å². The Bertz CT molecular complexity index is 1220. The summed E-state index contributed by atoms with van der Waals surface area (Å²) in [5.74, 6) is -1.12. The lowest BCUT2D eigenvalue weighted by Crippen LogP contribution is -2.64. The number of hydrogen-bond donors (Lipinski definition) is 6. The van der Waals surface area contributed by atoms with E-state index >= 15 is 0 Å². The molecule has 2 aliphatic rings. The minimum Gasteiger partial charge on any atom is -0.462 e. The molecule has 1 heterocycles. The molecule has 0 spiro atoms. The molecule has 0 bridgehead atoms. The summed E-state index contributed by atoms with van der Waals surface area (Å²) >= 11 is 0. The van der Waals surface area contributed by atoms with Crippen LogP contribution in [0, 0.1) is 0 Å². The molecule has 1 aliphatic carbocycles. The Kier molecular flexibility index (Phi) is 29.8. The molecule has 2 rings (SSSR count). The number of aliphatic hydroxyl groups is 5. The van der Waals surface area contributed by atoms with Gasteiger partial charge in [-0.15, -0.1) is 0 Å². The van der Waals surface area contributed by atoms with Crippen molar-refractivity contribution in [3.8, 4) is 0 Å². The Morgan fingerprint density at radius 1 is 0.583 bits per heavy atom. The van der Waals surface area contributed by atoms with E-state index in [0.29, 0.717) is 25.0 Å². The van der Waals surface area contributed by atoms with Gasteiger partial charge in [-0.25, -0.2) is 4.57 Å². The lowest BCUT2D eigenvalue weighted by Gasteiger charge is -2.41. The van der Waals surface area contributed by atoms with Crippen LogP contribution in [0.4, 0.5) is 0 Å². The molecule has 0 aromatic heterocycles. The van der Waals surface area contributed by atoms with Crippen LogP contribution in [0.5, 0.6) is 0 Å². The van der Waals surface area contributed by atoms with Crippen molar-refractivity contribution in [3.05, 3.63) is 24.3 Å². The largest absolute Gasteiger partial charge is 0.472 e. The molecule has 60 heavy (non-hydrogen) atoms. The first-order chi connectivity index (χ1) is 28.9. The number of esters is 2. The zero-order chi connectivity index (χ0) is 44.0. The van der Waals surface area contributed by atoms with Gasteiger partial charge in [-0.2, -0.15) is 0 Å². The summed E-state index contributed by atoms with van der Waals surface area (Å²) < 4.78 is 39.3. The summed E-state index contributed by atoms with van der Waals surface area (Å²) in [5, 5.41) is 50.1. The minimum absolute atomic E-state index is 0.0762. The molecule has 15 heteroatoms. The summed E-state index contributed by atoms with van der Waals surface area (Å²) in [7, 11) is -5.12. The number of allylic oxidation sites excluding steroid dienone is 3. The van der Waals surface area contributed by atoms with E-state index < -0.39 is 75.7 Å². The molecule has 10 atom stereocenters. The van der Waals surface area contributed by atoms with Crippen molar-refractivity contribution in [2.75, 3.05) is 13.2 Å². The van der Waals surface area contributed by atoms with Crippen molar-refractivity contribution in [1.82, 2.24) is 0 Å². The van der Waals surface area contributed by atoms with E-state index in [9.17, 15) is 44.6 Å². The zero-order valence-corrected chi connectivity index (χ0v) is 37.6. The highest BCUT2D eigenvalue weighted by atomic mass is 31.2. The standard InChI is InChI=1S/C45H81O14P/c1-3-5-7-8-9-10-11-12-13-14-15-16-20-23-27-31-38(46)55-33-35(34-56-60(53,54)59-45-43(51)41(49)40(48)42(50)44(45)52)57-39(47)32-28-24-21-18-17-19-22-26-30-37-36(58-37)29-25-6-4-2/h10-11,22,26,35-37,40-45,48-52H,3-9,12-21,23-25,27-34H2,1-2H3,(H,53,54)/b11-10-,26-22-/t35-,36?,37?,40?,41-,42+,43-,44-,45?/m1/s1. The zero-order valence-electron chi connectivity index (χ0n) is 36.7. The molecule has 0 aromatic rings. The average molecular weight is 877 g/mol. The highest BCUT2D eigenvalue weighted by Gasteiger charge is 2.51. The van der Waals surface area contributed by atoms with E-state index in [4.69, 9.17) is 23.3 Å². The van der Waals surface area contributed by atoms with Gasteiger partial charge in [-0.3, -0.25) is 18.6 Å². The molecule has 0 radical (unpaired) electrons. The molecule has 1 saturated heterocycles. The van der Waals surface area contributed by atoms with E-state index in [1.54, 1.807) is 0 Å². The minimum atomic E-state index is -5.12. The number of unbranched alkanes of at least 4 members (excludes halogenated alkanes) is 18. The summed E-state index contributed by atoms with van der Waals surface area (Å²) in [6.07, 6.45) is 22.5. The number of hydrogen-bond acceptors (Lipinski definition) is 13. The van der Waals surface area contributed by atoms with Gasteiger partial charge in [0.25, 0.3) is 0 Å².